The number of hydrogen-bond donors (Lipinski definition) is 3. The molecule has 6 nitrogen and oxygen atoms in total. The van der Waals surface area contributed by atoms with Gasteiger partial charge in [-0.1, -0.05) is 6.92 Å². The maximum absolute atomic E-state index is 12.0. The van der Waals surface area contributed by atoms with E-state index >= 15 is 0 Å². The van der Waals surface area contributed by atoms with Gasteiger partial charge in [0, 0.05) is 12.3 Å². The SMILES string of the molecule is CC[C@@H](C)n1c(O)c(C=NCC[NH+](CC)CC)c(=O)[nH]c1=S. The molecular formula is C15H27N4O2S+. The van der Waals surface area contributed by atoms with Gasteiger partial charge in [0.05, 0.1) is 26.2 Å². The second-order valence-corrected chi connectivity index (χ2v) is 5.75. The lowest BCUT2D eigenvalue weighted by Crippen LogP contribution is -3.11. The molecule has 124 valence electrons. The van der Waals surface area contributed by atoms with Gasteiger partial charge in [-0.2, -0.15) is 0 Å². The number of H-pyrrole nitrogens is 1. The Morgan fingerprint density at radius 3 is 2.59 bits per heavy atom. The summed E-state index contributed by atoms with van der Waals surface area (Å²) in [5, 5.41) is 10.3. The van der Waals surface area contributed by atoms with Gasteiger partial charge in [0.25, 0.3) is 5.56 Å². The molecule has 0 amide bonds. The van der Waals surface area contributed by atoms with Crippen molar-refractivity contribution in [2.45, 2.75) is 40.2 Å². The molecule has 0 aliphatic carbocycles. The van der Waals surface area contributed by atoms with Crippen LogP contribution < -0.4 is 10.5 Å². The number of quaternary nitrogens is 1. The van der Waals surface area contributed by atoms with Crippen LogP contribution in [0.1, 0.15) is 45.7 Å². The average Bonchev–Trinajstić information content (AvgIpc) is 2.49. The Morgan fingerprint density at radius 1 is 1.41 bits per heavy atom. The summed E-state index contributed by atoms with van der Waals surface area (Å²) >= 11 is 5.13. The summed E-state index contributed by atoms with van der Waals surface area (Å²) in [6, 6.07) is 0.0108. The lowest BCUT2D eigenvalue weighted by atomic mass is 10.2. The van der Waals surface area contributed by atoms with E-state index in [9.17, 15) is 9.90 Å². The van der Waals surface area contributed by atoms with Gasteiger partial charge in [0.2, 0.25) is 5.88 Å². The molecule has 0 spiro atoms. The van der Waals surface area contributed by atoms with Crippen molar-refractivity contribution in [3.63, 3.8) is 0 Å². The third kappa shape index (κ3) is 4.51. The Kier molecular flexibility index (Phi) is 7.47. The molecule has 0 radical (unpaired) electrons. The molecule has 7 heteroatoms. The predicted octanol–water partition coefficient (Wildman–Crippen LogP) is 0.926. The summed E-state index contributed by atoms with van der Waals surface area (Å²) < 4.78 is 1.80. The number of likely N-dealkylation sites (N-methyl/N-ethyl adjacent to an activating group) is 1. The highest BCUT2D eigenvalue weighted by atomic mass is 32.1. The lowest BCUT2D eigenvalue weighted by Gasteiger charge is -2.16. The molecule has 0 bridgehead atoms. The summed E-state index contributed by atoms with van der Waals surface area (Å²) in [5.74, 6) is -0.109. The van der Waals surface area contributed by atoms with E-state index < -0.39 is 5.56 Å². The summed E-state index contributed by atoms with van der Waals surface area (Å²) in [6.45, 7) is 11.8. The number of nitrogens with one attached hydrogen (secondary N) is 2. The van der Waals surface area contributed by atoms with Crippen molar-refractivity contribution in [3.05, 3.63) is 20.7 Å². The van der Waals surface area contributed by atoms with Crippen LogP contribution in [0.4, 0.5) is 0 Å². The van der Waals surface area contributed by atoms with Gasteiger partial charge in [-0.15, -0.1) is 0 Å². The van der Waals surface area contributed by atoms with Gasteiger partial charge in [0.15, 0.2) is 4.77 Å². The summed E-state index contributed by atoms with van der Waals surface area (Å²) in [4.78, 5) is 20.3. The zero-order valence-electron chi connectivity index (χ0n) is 13.8. The highest BCUT2D eigenvalue weighted by Gasteiger charge is 2.14. The van der Waals surface area contributed by atoms with Crippen molar-refractivity contribution >= 4 is 18.4 Å². The Hall–Kier alpha value is -1.47. The van der Waals surface area contributed by atoms with Gasteiger partial charge >= 0.3 is 0 Å². The van der Waals surface area contributed by atoms with Crippen LogP contribution in [0.25, 0.3) is 0 Å². The minimum atomic E-state index is -0.402. The van der Waals surface area contributed by atoms with E-state index in [1.54, 1.807) is 4.57 Å². The third-order valence-corrected chi connectivity index (χ3v) is 4.30. The van der Waals surface area contributed by atoms with Crippen LogP contribution in [0.15, 0.2) is 9.79 Å². The van der Waals surface area contributed by atoms with Crippen LogP contribution in [0, 0.1) is 4.77 Å². The number of aromatic amines is 1. The first kappa shape index (κ1) is 18.6. The molecule has 1 aromatic rings. The van der Waals surface area contributed by atoms with E-state index in [2.05, 4.69) is 23.8 Å². The normalized spacial score (nSPS) is 13.1. The Morgan fingerprint density at radius 2 is 2.05 bits per heavy atom. The molecular weight excluding hydrogens is 300 g/mol. The first-order chi connectivity index (χ1) is 10.5. The molecule has 0 aliphatic heterocycles. The summed E-state index contributed by atoms with van der Waals surface area (Å²) in [6.07, 6.45) is 2.25. The second-order valence-electron chi connectivity index (χ2n) is 5.37. The number of aromatic nitrogens is 2. The number of rotatable bonds is 8. The van der Waals surface area contributed by atoms with Crippen LogP contribution in [0.5, 0.6) is 5.88 Å². The number of aliphatic imine (C=N–C) groups is 1. The average molecular weight is 327 g/mol. The molecule has 1 heterocycles. The molecule has 1 atom stereocenters. The van der Waals surface area contributed by atoms with Gasteiger partial charge in [-0.3, -0.25) is 19.3 Å². The lowest BCUT2D eigenvalue weighted by molar-refractivity contribution is -0.894. The monoisotopic (exact) mass is 327 g/mol. The van der Waals surface area contributed by atoms with Crippen molar-refractivity contribution in [1.29, 1.82) is 0 Å². The minimum Gasteiger partial charge on any atom is -0.494 e. The molecule has 0 fully saturated rings. The van der Waals surface area contributed by atoms with Crippen LogP contribution in [0.3, 0.4) is 0 Å². The maximum atomic E-state index is 12.0. The van der Waals surface area contributed by atoms with Gasteiger partial charge in [-0.05, 0) is 39.4 Å². The van der Waals surface area contributed by atoms with Crippen LogP contribution in [0.2, 0.25) is 0 Å². The molecule has 1 aromatic heterocycles. The quantitative estimate of drug-likeness (QED) is 0.491. The molecule has 0 aromatic carbocycles. The predicted molar refractivity (Wildman–Crippen MR) is 91.9 cm³/mol. The second kappa shape index (κ2) is 8.85. The highest BCUT2D eigenvalue weighted by Crippen LogP contribution is 2.19. The first-order valence-corrected chi connectivity index (χ1v) is 8.28. The maximum Gasteiger partial charge on any atom is 0.264 e. The zero-order valence-corrected chi connectivity index (χ0v) is 14.7. The topological polar surface area (TPSA) is 74.8 Å². The van der Waals surface area contributed by atoms with E-state index in [0.29, 0.717) is 6.54 Å². The number of aromatic hydroxyl groups is 1. The van der Waals surface area contributed by atoms with Crippen molar-refractivity contribution in [2.24, 2.45) is 4.99 Å². The molecule has 0 aliphatic rings. The van der Waals surface area contributed by atoms with E-state index in [1.807, 2.05) is 13.8 Å². The van der Waals surface area contributed by atoms with Gasteiger partial charge < -0.3 is 10.0 Å². The van der Waals surface area contributed by atoms with E-state index in [4.69, 9.17) is 12.2 Å². The summed E-state index contributed by atoms with van der Waals surface area (Å²) in [5.41, 5.74) is -0.232. The van der Waals surface area contributed by atoms with Crippen LogP contribution >= 0.6 is 12.2 Å². The molecule has 3 N–H and O–H groups in total. The summed E-state index contributed by atoms with van der Waals surface area (Å²) in [7, 11) is 0. The smallest absolute Gasteiger partial charge is 0.264 e. The molecule has 1 rings (SSSR count). The van der Waals surface area contributed by atoms with E-state index in [1.165, 1.54) is 11.1 Å². The highest BCUT2D eigenvalue weighted by molar-refractivity contribution is 7.71. The standard InChI is InChI=1S/C15H26N4O2S/c1-5-11(4)19-14(21)12(13(20)17-15(19)22)10-16-8-9-18(6-2)7-3/h10-11,21H,5-9H2,1-4H3,(H,17,20,22)/p+1/t11-/m1/s1. The molecule has 22 heavy (non-hydrogen) atoms. The van der Waals surface area contributed by atoms with E-state index in [0.717, 1.165) is 26.1 Å². The van der Waals surface area contributed by atoms with Gasteiger partial charge in [-0.25, -0.2) is 0 Å². The Labute approximate surface area is 136 Å². The van der Waals surface area contributed by atoms with Crippen molar-refractivity contribution < 1.29 is 10.0 Å². The fourth-order valence-electron chi connectivity index (χ4n) is 2.24. The third-order valence-electron chi connectivity index (χ3n) is 4.00. The Balaban J connectivity index is 3.00. The first-order valence-electron chi connectivity index (χ1n) is 7.87. The Bertz CT molecular complexity index is 617. The van der Waals surface area contributed by atoms with Crippen molar-refractivity contribution in [1.82, 2.24) is 9.55 Å². The minimum absolute atomic E-state index is 0.0108. The van der Waals surface area contributed by atoms with Gasteiger partial charge in [0.1, 0.15) is 5.56 Å². The number of nitrogens with zero attached hydrogens (tertiary/aromatic N) is 2. The fourth-order valence-corrected chi connectivity index (χ4v) is 2.60. The molecule has 0 saturated heterocycles. The molecule has 0 unspecified atom stereocenters. The van der Waals surface area contributed by atoms with Crippen LogP contribution in [-0.2, 0) is 0 Å². The largest absolute Gasteiger partial charge is 0.494 e. The van der Waals surface area contributed by atoms with Crippen molar-refractivity contribution in [2.75, 3.05) is 26.2 Å². The van der Waals surface area contributed by atoms with Crippen molar-refractivity contribution in [3.8, 4) is 5.88 Å². The van der Waals surface area contributed by atoms with Crippen LogP contribution in [-0.4, -0.2) is 47.1 Å². The molecule has 0 saturated carbocycles. The zero-order chi connectivity index (χ0) is 16.7. The number of hydrogen-bond acceptors (Lipinski definition) is 4. The van der Waals surface area contributed by atoms with E-state index in [-0.39, 0.29) is 22.3 Å². The fraction of sp³-hybridized carbons (Fsp3) is 0.667.